The summed E-state index contributed by atoms with van der Waals surface area (Å²) in [4.78, 5) is 80.7. The van der Waals surface area contributed by atoms with Crippen LogP contribution < -0.4 is 36.0 Å². The predicted octanol–water partition coefficient (Wildman–Crippen LogP) is 4.77. The maximum absolute atomic E-state index is 13.3. The molecule has 1 aliphatic carbocycles. The number of likely N-dealkylation sites (tertiary alicyclic amines) is 1. The van der Waals surface area contributed by atoms with Gasteiger partial charge < -0.3 is 44.3 Å². The third-order valence-electron chi connectivity index (χ3n) is 14.6. The van der Waals surface area contributed by atoms with Crippen LogP contribution in [0.15, 0.2) is 53.5 Å². The van der Waals surface area contributed by atoms with Gasteiger partial charge >= 0.3 is 0 Å². The van der Waals surface area contributed by atoms with E-state index in [2.05, 4.69) is 41.7 Å². The summed E-state index contributed by atoms with van der Waals surface area (Å²) in [6.45, 7) is 9.81. The van der Waals surface area contributed by atoms with Gasteiger partial charge in [0.15, 0.2) is 18.2 Å². The molecule has 2 aromatic heterocycles. The molecule has 4 amide bonds. The molecule has 4 aromatic rings. The SMILES string of the molecule is CNC(=O)COc1cc2cc(Nc3nc(N4CCC(OC5CC(N6CCC7(CC6)CN(c6ccc8c(c6)CN([C@@H]6CCC(=O)NC6=O)C8=O)C7)C5)CC4)ncc3Cl)ccc2n(C(C)C)c1=O. The number of fused-ring (bicyclic) bond motifs is 2. The highest BCUT2D eigenvalue weighted by atomic mass is 35.5. The lowest BCUT2D eigenvalue weighted by atomic mass is 9.71. The van der Waals surface area contributed by atoms with E-state index in [4.69, 9.17) is 26.1 Å². The van der Waals surface area contributed by atoms with E-state index in [0.29, 0.717) is 46.8 Å². The Hall–Kier alpha value is -5.78. The van der Waals surface area contributed by atoms with Crippen LogP contribution in [0.2, 0.25) is 5.02 Å². The number of imide groups is 1. The summed E-state index contributed by atoms with van der Waals surface area (Å²) >= 11 is 6.61. The first-order valence-corrected chi connectivity index (χ1v) is 23.7. The van der Waals surface area contributed by atoms with Crippen molar-refractivity contribution in [2.45, 2.75) is 102 Å². The number of piperidine rings is 3. The third-order valence-corrected chi connectivity index (χ3v) is 14.9. The molecule has 2 aromatic carbocycles. The summed E-state index contributed by atoms with van der Waals surface area (Å²) in [5.74, 6) is 0.0582. The lowest BCUT2D eigenvalue weighted by molar-refractivity contribution is -0.137. The number of pyridine rings is 1. The maximum atomic E-state index is 13.3. The fourth-order valence-corrected chi connectivity index (χ4v) is 10.9. The van der Waals surface area contributed by atoms with Crippen LogP contribution in [0.5, 0.6) is 5.75 Å². The molecular formula is C48H57ClN10O7. The fourth-order valence-electron chi connectivity index (χ4n) is 10.8. The predicted molar refractivity (Wildman–Crippen MR) is 250 cm³/mol. The molecule has 0 radical (unpaired) electrons. The number of nitrogens with zero attached hydrogens (tertiary/aromatic N) is 7. The molecule has 0 unspecified atom stereocenters. The van der Waals surface area contributed by atoms with Crippen molar-refractivity contribution in [2.75, 3.05) is 68.0 Å². The van der Waals surface area contributed by atoms with E-state index in [-0.39, 0.29) is 66.2 Å². The number of rotatable bonds is 12. The summed E-state index contributed by atoms with van der Waals surface area (Å²) in [7, 11) is 1.52. The number of carbonyl (C=O) groups is 4. The molecular weight excluding hydrogens is 864 g/mol. The van der Waals surface area contributed by atoms with Gasteiger partial charge in [0.1, 0.15) is 11.1 Å². The minimum absolute atomic E-state index is 0.0985. The van der Waals surface area contributed by atoms with Crippen molar-refractivity contribution in [1.29, 1.82) is 0 Å². The molecule has 0 bridgehead atoms. The first-order valence-electron chi connectivity index (χ1n) is 23.3. The number of amides is 4. The molecule has 1 atom stereocenters. The number of hydrogen-bond acceptors (Lipinski definition) is 13. The Morgan fingerprint density at radius 3 is 2.45 bits per heavy atom. The van der Waals surface area contributed by atoms with E-state index < -0.39 is 6.04 Å². The number of benzene rings is 2. The zero-order valence-electron chi connectivity index (χ0n) is 37.7. The van der Waals surface area contributed by atoms with Crippen LogP contribution in [0.4, 0.5) is 23.1 Å². The number of ether oxygens (including phenoxy) is 2. The molecule has 1 spiro atoms. The van der Waals surface area contributed by atoms with Crippen LogP contribution >= 0.6 is 11.6 Å². The smallest absolute Gasteiger partial charge is 0.293 e. The number of halogens is 1. The molecule has 5 aliphatic heterocycles. The molecule has 6 aliphatic rings. The fraction of sp³-hybridized carbons (Fsp3) is 0.521. The molecule has 348 valence electrons. The van der Waals surface area contributed by atoms with Crippen LogP contribution in [0.1, 0.15) is 87.2 Å². The van der Waals surface area contributed by atoms with Crippen LogP contribution in [-0.4, -0.2) is 125 Å². The third kappa shape index (κ3) is 8.56. The van der Waals surface area contributed by atoms with Gasteiger partial charge in [-0.25, -0.2) is 4.98 Å². The van der Waals surface area contributed by atoms with Crippen LogP contribution in [0.25, 0.3) is 10.9 Å². The van der Waals surface area contributed by atoms with Gasteiger partial charge in [0.2, 0.25) is 17.8 Å². The quantitative estimate of drug-likeness (QED) is 0.165. The summed E-state index contributed by atoms with van der Waals surface area (Å²) in [5.41, 5.74) is 4.23. The first kappa shape index (κ1) is 44.1. The van der Waals surface area contributed by atoms with Gasteiger partial charge in [-0.1, -0.05) is 11.6 Å². The van der Waals surface area contributed by atoms with E-state index in [1.165, 1.54) is 19.9 Å². The van der Waals surface area contributed by atoms with Gasteiger partial charge in [0.05, 0.1) is 23.9 Å². The standard InChI is InChI=1S/C48H57ClN10O7/c1-28(2)59-38-7-4-31(18-29(38)20-40(46(59)64)65-25-42(61)50-3)52-43-37(49)23-51-47(54-43)56-14-10-34(11-15-56)66-35-21-33(22-35)55-16-12-48(13-17-55)26-57(27-48)32-5-6-36-30(19-32)24-58(45(36)63)39-8-9-41(60)53-44(39)62/h4-7,18-20,23,28,33-35,39H,8-17,21-22,24-27H2,1-3H3,(H,50,61)(H,51,52,54)(H,53,60,62)/t33?,35?,39-/m1/s1. The Kier molecular flexibility index (Phi) is 11.9. The average molecular weight is 921 g/mol. The summed E-state index contributed by atoms with van der Waals surface area (Å²) in [5, 5.41) is 9.38. The van der Waals surface area contributed by atoms with Crippen molar-refractivity contribution >= 4 is 69.3 Å². The van der Waals surface area contributed by atoms with Crippen molar-refractivity contribution in [3.05, 3.63) is 75.2 Å². The van der Waals surface area contributed by atoms with Crippen LogP contribution in [0.3, 0.4) is 0 Å². The topological polar surface area (TPSA) is 184 Å². The Labute approximate surface area is 388 Å². The monoisotopic (exact) mass is 920 g/mol. The van der Waals surface area contributed by atoms with Crippen LogP contribution in [0, 0.1) is 5.41 Å². The Bertz CT molecular complexity index is 2630. The highest BCUT2D eigenvalue weighted by Crippen LogP contribution is 2.45. The van der Waals surface area contributed by atoms with E-state index in [9.17, 15) is 24.0 Å². The minimum Gasteiger partial charge on any atom is -0.478 e. The largest absolute Gasteiger partial charge is 0.478 e. The molecule has 5 fully saturated rings. The summed E-state index contributed by atoms with van der Waals surface area (Å²) in [6.07, 6.45) is 9.03. The number of carbonyl (C=O) groups excluding carboxylic acids is 4. The minimum atomic E-state index is -0.599. The van der Waals surface area contributed by atoms with Crippen molar-refractivity contribution < 1.29 is 28.7 Å². The molecule has 66 heavy (non-hydrogen) atoms. The first-order chi connectivity index (χ1) is 31.8. The van der Waals surface area contributed by atoms with Crippen molar-refractivity contribution in [1.82, 2.24) is 35.0 Å². The number of nitrogens with one attached hydrogen (secondary N) is 3. The second-order valence-electron chi connectivity index (χ2n) is 19.2. The Balaban J connectivity index is 0.671. The van der Waals surface area contributed by atoms with Gasteiger partial charge in [0, 0.05) is 86.0 Å². The number of likely N-dealkylation sites (N-methyl/N-ethyl adjacent to an activating group) is 1. The zero-order valence-corrected chi connectivity index (χ0v) is 38.4. The van der Waals surface area contributed by atoms with Gasteiger partial charge in [0.25, 0.3) is 17.4 Å². The molecule has 7 heterocycles. The highest BCUT2D eigenvalue weighted by Gasteiger charge is 2.48. The number of anilines is 4. The normalized spacial score (nSPS) is 23.2. The number of aromatic nitrogens is 3. The number of hydrogen-bond donors (Lipinski definition) is 3. The Morgan fingerprint density at radius 2 is 1.73 bits per heavy atom. The van der Waals surface area contributed by atoms with Gasteiger partial charge in [-0.2, -0.15) is 4.98 Å². The zero-order chi connectivity index (χ0) is 45.9. The van der Waals surface area contributed by atoms with E-state index in [0.717, 1.165) is 92.8 Å². The molecule has 18 heteroatoms. The summed E-state index contributed by atoms with van der Waals surface area (Å²) < 4.78 is 13.9. The molecule has 3 N–H and O–H groups in total. The highest BCUT2D eigenvalue weighted by molar-refractivity contribution is 6.33. The van der Waals surface area contributed by atoms with Crippen molar-refractivity contribution in [2.24, 2.45) is 5.41 Å². The van der Waals surface area contributed by atoms with E-state index in [1.54, 1.807) is 21.7 Å². The molecule has 10 rings (SSSR count). The van der Waals surface area contributed by atoms with Gasteiger partial charge in [-0.3, -0.25) is 29.3 Å². The maximum Gasteiger partial charge on any atom is 0.293 e. The second kappa shape index (κ2) is 17.8. The Morgan fingerprint density at radius 1 is 0.955 bits per heavy atom. The van der Waals surface area contributed by atoms with E-state index >= 15 is 0 Å². The molecule has 17 nitrogen and oxygen atoms in total. The molecule has 1 saturated carbocycles. The van der Waals surface area contributed by atoms with Gasteiger partial charge in [-0.05, 0) is 120 Å². The lowest BCUT2D eigenvalue weighted by Gasteiger charge is -2.57. The van der Waals surface area contributed by atoms with E-state index in [1.807, 2.05) is 44.2 Å². The van der Waals surface area contributed by atoms with Crippen LogP contribution in [-0.2, 0) is 25.7 Å². The molecule has 4 saturated heterocycles. The average Bonchev–Trinajstić information content (AvgIpc) is 3.61. The van der Waals surface area contributed by atoms with Gasteiger partial charge in [-0.15, -0.1) is 0 Å². The van der Waals surface area contributed by atoms with Crippen molar-refractivity contribution in [3.63, 3.8) is 0 Å². The summed E-state index contributed by atoms with van der Waals surface area (Å²) in [6, 6.07) is 13.2. The lowest BCUT2D eigenvalue weighted by Crippen LogP contribution is -2.62. The second-order valence-corrected chi connectivity index (χ2v) is 19.6. The van der Waals surface area contributed by atoms with Crippen molar-refractivity contribution in [3.8, 4) is 5.75 Å².